The van der Waals surface area contributed by atoms with E-state index in [1.54, 1.807) is 0 Å². The predicted molar refractivity (Wildman–Crippen MR) is 80.8 cm³/mol. The van der Waals surface area contributed by atoms with Crippen molar-refractivity contribution in [3.63, 3.8) is 0 Å². The summed E-state index contributed by atoms with van der Waals surface area (Å²) in [6.07, 6.45) is 5.88. The van der Waals surface area contributed by atoms with E-state index in [0.717, 1.165) is 12.8 Å². The van der Waals surface area contributed by atoms with E-state index in [2.05, 4.69) is 57.4 Å². The van der Waals surface area contributed by atoms with Crippen molar-refractivity contribution < 1.29 is 0 Å². The topological polar surface area (TPSA) is 55.9 Å². The van der Waals surface area contributed by atoms with Crippen molar-refractivity contribution in [1.29, 1.82) is 0 Å². The first-order valence-electron chi connectivity index (χ1n) is 5.88. The third kappa shape index (κ3) is 3.54. The van der Waals surface area contributed by atoms with Gasteiger partial charge in [-0.3, -0.25) is 16.0 Å². The van der Waals surface area contributed by atoms with Crippen LogP contribution in [0.4, 0.5) is 0 Å². The molecule has 1 unspecified atom stereocenters. The van der Waals surface area contributed by atoms with Crippen LogP contribution in [-0.2, 0) is 13.5 Å². The Morgan fingerprint density at radius 1 is 1.50 bits per heavy atom. The quantitative estimate of drug-likeness (QED) is 0.491. The first-order chi connectivity index (χ1) is 8.69. The van der Waals surface area contributed by atoms with Gasteiger partial charge in [-0.2, -0.15) is 5.10 Å². The van der Waals surface area contributed by atoms with Crippen molar-refractivity contribution in [3.05, 3.63) is 51.4 Å². The third-order valence-electron chi connectivity index (χ3n) is 2.93. The van der Waals surface area contributed by atoms with Crippen LogP contribution in [0.25, 0.3) is 0 Å². The fraction of sp³-hybridized carbons (Fsp3) is 0.308. The Kier molecular flexibility index (Phi) is 4.73. The summed E-state index contributed by atoms with van der Waals surface area (Å²) in [5, 5.41) is 4.17. The van der Waals surface area contributed by atoms with Crippen LogP contribution < -0.4 is 11.3 Å². The highest BCUT2D eigenvalue weighted by Gasteiger charge is 2.10. The van der Waals surface area contributed by atoms with Crippen molar-refractivity contribution in [2.24, 2.45) is 12.9 Å². The molecule has 0 saturated heterocycles. The molecule has 1 aromatic carbocycles. The minimum atomic E-state index is 0.180. The number of nitrogens with zero attached hydrogens (tertiary/aromatic N) is 2. The van der Waals surface area contributed by atoms with Gasteiger partial charge < -0.3 is 0 Å². The molecule has 4 nitrogen and oxygen atoms in total. The van der Waals surface area contributed by atoms with Gasteiger partial charge in [0.15, 0.2) is 0 Å². The number of aryl methyl sites for hydroxylation is 2. The normalized spacial score (nSPS) is 12.6. The van der Waals surface area contributed by atoms with Crippen LogP contribution in [0.2, 0.25) is 0 Å². The molecule has 0 aliphatic carbocycles. The molecule has 0 fully saturated rings. The van der Waals surface area contributed by atoms with Crippen LogP contribution in [-0.4, -0.2) is 9.78 Å². The second kappa shape index (κ2) is 6.31. The monoisotopic (exact) mass is 356 g/mol. The highest BCUT2D eigenvalue weighted by Crippen LogP contribution is 2.20. The molecule has 1 atom stereocenters. The van der Waals surface area contributed by atoms with E-state index in [1.165, 1.54) is 14.7 Å². The molecule has 1 heterocycles. The Hall–Kier alpha value is -0.920. The van der Waals surface area contributed by atoms with Gasteiger partial charge in [0.05, 0.1) is 6.20 Å². The molecule has 0 bridgehead atoms. The largest absolute Gasteiger partial charge is 0.276 e. The highest BCUT2D eigenvalue weighted by molar-refractivity contribution is 14.1. The van der Waals surface area contributed by atoms with Crippen LogP contribution in [0.3, 0.4) is 0 Å². The van der Waals surface area contributed by atoms with Crippen molar-refractivity contribution in [2.75, 3.05) is 0 Å². The average Bonchev–Trinajstić information content (AvgIpc) is 2.76. The molecular formula is C13H17IN4. The predicted octanol–water partition coefficient (Wildman–Crippen LogP) is 2.16. The van der Waals surface area contributed by atoms with Crippen molar-refractivity contribution in [2.45, 2.75) is 18.9 Å². The molecular weight excluding hydrogens is 339 g/mol. The molecule has 1 aromatic heterocycles. The van der Waals surface area contributed by atoms with Crippen molar-refractivity contribution in [3.8, 4) is 0 Å². The third-order valence-corrected chi connectivity index (χ3v) is 3.60. The van der Waals surface area contributed by atoms with Crippen molar-refractivity contribution >= 4 is 22.6 Å². The Balaban J connectivity index is 2.01. The summed E-state index contributed by atoms with van der Waals surface area (Å²) in [5.41, 5.74) is 5.36. The summed E-state index contributed by atoms with van der Waals surface area (Å²) < 4.78 is 3.05. The number of benzene rings is 1. The number of nitrogens with one attached hydrogen (secondary N) is 1. The maximum absolute atomic E-state index is 5.65. The fourth-order valence-electron chi connectivity index (χ4n) is 1.98. The zero-order valence-electron chi connectivity index (χ0n) is 10.3. The summed E-state index contributed by atoms with van der Waals surface area (Å²) in [7, 11) is 1.93. The lowest BCUT2D eigenvalue weighted by atomic mass is 10.0. The standard InChI is InChI=1S/C13H17IN4/c1-18-9-10(8-16-18)5-6-13(17-15)11-3-2-4-12(14)7-11/h2-4,7-9,13,17H,5-6,15H2,1H3. The first-order valence-corrected chi connectivity index (χ1v) is 6.96. The van der Waals surface area contributed by atoms with E-state index in [0.29, 0.717) is 0 Å². The Bertz CT molecular complexity index is 509. The van der Waals surface area contributed by atoms with E-state index in [-0.39, 0.29) is 6.04 Å². The number of halogens is 1. The molecule has 5 heteroatoms. The van der Waals surface area contributed by atoms with E-state index in [4.69, 9.17) is 5.84 Å². The minimum absolute atomic E-state index is 0.180. The summed E-state index contributed by atoms with van der Waals surface area (Å²) in [6, 6.07) is 8.59. The molecule has 0 spiro atoms. The fourth-order valence-corrected chi connectivity index (χ4v) is 2.55. The first kappa shape index (κ1) is 13.5. The summed E-state index contributed by atoms with van der Waals surface area (Å²) in [6.45, 7) is 0. The lowest BCUT2D eigenvalue weighted by molar-refractivity contribution is 0.516. The van der Waals surface area contributed by atoms with Gasteiger partial charge in [-0.25, -0.2) is 0 Å². The molecule has 96 valence electrons. The van der Waals surface area contributed by atoms with E-state index in [9.17, 15) is 0 Å². The van der Waals surface area contributed by atoms with Gasteiger partial charge in [0, 0.05) is 22.9 Å². The van der Waals surface area contributed by atoms with E-state index >= 15 is 0 Å². The van der Waals surface area contributed by atoms with Gasteiger partial charge in [0.1, 0.15) is 0 Å². The smallest absolute Gasteiger partial charge is 0.0521 e. The lowest BCUT2D eigenvalue weighted by Gasteiger charge is -2.16. The summed E-state index contributed by atoms with van der Waals surface area (Å²) >= 11 is 2.32. The molecule has 0 aliphatic heterocycles. The second-order valence-electron chi connectivity index (χ2n) is 4.34. The van der Waals surface area contributed by atoms with Crippen molar-refractivity contribution in [1.82, 2.24) is 15.2 Å². The molecule has 0 aliphatic rings. The number of hydrogen-bond acceptors (Lipinski definition) is 3. The molecule has 2 aromatic rings. The maximum atomic E-state index is 5.65. The van der Waals surface area contributed by atoms with Gasteiger partial charge in [0.2, 0.25) is 0 Å². The summed E-state index contributed by atoms with van der Waals surface area (Å²) in [5.74, 6) is 5.65. The Labute approximate surface area is 121 Å². The number of hydrogen-bond donors (Lipinski definition) is 2. The minimum Gasteiger partial charge on any atom is -0.276 e. The highest BCUT2D eigenvalue weighted by atomic mass is 127. The van der Waals surface area contributed by atoms with Crippen LogP contribution in [0, 0.1) is 3.57 Å². The molecule has 0 saturated carbocycles. The van der Waals surface area contributed by atoms with E-state index in [1.807, 2.05) is 24.1 Å². The van der Waals surface area contributed by atoms with Gasteiger partial charge in [-0.05, 0) is 58.7 Å². The molecule has 18 heavy (non-hydrogen) atoms. The maximum Gasteiger partial charge on any atom is 0.0521 e. The summed E-state index contributed by atoms with van der Waals surface area (Å²) in [4.78, 5) is 0. The molecule has 0 radical (unpaired) electrons. The van der Waals surface area contributed by atoms with Gasteiger partial charge in [0.25, 0.3) is 0 Å². The Morgan fingerprint density at radius 3 is 2.94 bits per heavy atom. The number of nitrogens with two attached hydrogens (primary N) is 1. The van der Waals surface area contributed by atoms with Crippen LogP contribution in [0.15, 0.2) is 36.7 Å². The SMILES string of the molecule is Cn1cc(CCC(NN)c2cccc(I)c2)cn1. The number of aromatic nitrogens is 2. The van der Waals surface area contributed by atoms with E-state index < -0.39 is 0 Å². The number of hydrazine groups is 1. The zero-order valence-corrected chi connectivity index (χ0v) is 12.5. The Morgan fingerprint density at radius 2 is 2.33 bits per heavy atom. The second-order valence-corrected chi connectivity index (χ2v) is 5.58. The molecule has 2 rings (SSSR count). The van der Waals surface area contributed by atoms with Gasteiger partial charge >= 0.3 is 0 Å². The number of rotatable bonds is 5. The zero-order chi connectivity index (χ0) is 13.0. The molecule has 0 amide bonds. The van der Waals surface area contributed by atoms with Gasteiger partial charge in [-0.15, -0.1) is 0 Å². The lowest BCUT2D eigenvalue weighted by Crippen LogP contribution is -2.28. The van der Waals surface area contributed by atoms with Crippen LogP contribution >= 0.6 is 22.6 Å². The van der Waals surface area contributed by atoms with Gasteiger partial charge in [-0.1, -0.05) is 12.1 Å². The average molecular weight is 356 g/mol. The molecule has 3 N–H and O–H groups in total. The van der Waals surface area contributed by atoms with Crippen LogP contribution in [0.5, 0.6) is 0 Å². The van der Waals surface area contributed by atoms with Crippen LogP contribution in [0.1, 0.15) is 23.6 Å².